The summed E-state index contributed by atoms with van der Waals surface area (Å²) in [6.07, 6.45) is 6.18. The Labute approximate surface area is 140 Å². The summed E-state index contributed by atoms with van der Waals surface area (Å²) in [5, 5.41) is 8.85. The Morgan fingerprint density at radius 2 is 1.83 bits per heavy atom. The van der Waals surface area contributed by atoms with Gasteiger partial charge in [-0.15, -0.1) is 0 Å². The molecule has 0 saturated carbocycles. The van der Waals surface area contributed by atoms with Crippen molar-refractivity contribution in [3.63, 3.8) is 0 Å². The molecule has 0 unspecified atom stereocenters. The molecular formula is C18H19N3O3. The van der Waals surface area contributed by atoms with E-state index >= 15 is 0 Å². The lowest BCUT2D eigenvalue weighted by Gasteiger charge is -2.24. The summed E-state index contributed by atoms with van der Waals surface area (Å²) in [4.78, 5) is 33.0. The first kappa shape index (κ1) is 16.1. The zero-order valence-electron chi connectivity index (χ0n) is 13.3. The summed E-state index contributed by atoms with van der Waals surface area (Å²) in [7, 11) is 0. The molecule has 24 heavy (non-hydrogen) atoms. The van der Waals surface area contributed by atoms with Crippen LogP contribution in [-0.2, 0) is 6.42 Å². The van der Waals surface area contributed by atoms with Crippen molar-refractivity contribution < 1.29 is 14.7 Å². The number of benzene rings is 1. The lowest BCUT2D eigenvalue weighted by Crippen LogP contribution is -2.36. The molecule has 0 radical (unpaired) electrons. The van der Waals surface area contributed by atoms with E-state index in [1.807, 2.05) is 23.1 Å². The fourth-order valence-electron chi connectivity index (χ4n) is 3.08. The predicted octanol–water partition coefficient (Wildman–Crippen LogP) is 2.41. The number of aryl methyl sites for hydroxylation is 1. The zero-order valence-corrected chi connectivity index (χ0v) is 13.3. The van der Waals surface area contributed by atoms with E-state index in [2.05, 4.69) is 22.1 Å². The number of likely N-dealkylation sites (tertiary alicyclic amines) is 1. The van der Waals surface area contributed by atoms with Crippen LogP contribution in [0.4, 0.5) is 0 Å². The number of hydrogen-bond donors (Lipinski definition) is 1. The quantitative estimate of drug-likeness (QED) is 0.912. The van der Waals surface area contributed by atoms with Crippen LogP contribution in [0.3, 0.4) is 0 Å². The van der Waals surface area contributed by atoms with Gasteiger partial charge in [-0.1, -0.05) is 30.3 Å². The summed E-state index contributed by atoms with van der Waals surface area (Å²) in [5.41, 5.74) is 1.31. The highest BCUT2D eigenvalue weighted by atomic mass is 16.4. The molecular weight excluding hydrogens is 306 g/mol. The third kappa shape index (κ3) is 3.59. The highest BCUT2D eigenvalue weighted by molar-refractivity contribution is 5.93. The second kappa shape index (κ2) is 7.21. The molecule has 1 fully saturated rings. The molecule has 124 valence electrons. The van der Waals surface area contributed by atoms with Gasteiger partial charge in [0.25, 0.3) is 5.91 Å². The minimum Gasteiger partial charge on any atom is -0.476 e. The van der Waals surface area contributed by atoms with E-state index in [0.29, 0.717) is 6.54 Å². The smallest absolute Gasteiger partial charge is 0.356 e. The van der Waals surface area contributed by atoms with E-state index in [4.69, 9.17) is 5.11 Å². The van der Waals surface area contributed by atoms with Crippen LogP contribution < -0.4 is 0 Å². The average molecular weight is 325 g/mol. The van der Waals surface area contributed by atoms with Crippen LogP contribution >= 0.6 is 0 Å². The van der Waals surface area contributed by atoms with Crippen LogP contribution in [-0.4, -0.2) is 44.4 Å². The number of carboxylic acid groups (broad SMARTS) is 1. The van der Waals surface area contributed by atoms with E-state index in [0.717, 1.165) is 31.9 Å². The number of aromatic nitrogens is 2. The maximum Gasteiger partial charge on any atom is 0.356 e. The summed E-state index contributed by atoms with van der Waals surface area (Å²) >= 11 is 0. The molecule has 2 heterocycles. The molecule has 0 bridgehead atoms. The second-order valence-corrected chi connectivity index (χ2v) is 5.91. The monoisotopic (exact) mass is 325 g/mol. The Morgan fingerprint density at radius 3 is 2.50 bits per heavy atom. The topological polar surface area (TPSA) is 83.4 Å². The van der Waals surface area contributed by atoms with Crippen molar-refractivity contribution >= 4 is 11.9 Å². The SMILES string of the molecule is O=C(O)c1cnc(C(=O)N2CCC[C@H]2CCc2ccccc2)cn1. The van der Waals surface area contributed by atoms with Gasteiger partial charge >= 0.3 is 5.97 Å². The highest BCUT2D eigenvalue weighted by Gasteiger charge is 2.30. The fraction of sp³-hybridized carbons (Fsp3) is 0.333. The maximum atomic E-state index is 12.6. The van der Waals surface area contributed by atoms with Gasteiger partial charge in [0.1, 0.15) is 5.69 Å². The number of aromatic carboxylic acids is 1. The highest BCUT2D eigenvalue weighted by Crippen LogP contribution is 2.23. The number of hydrogen-bond acceptors (Lipinski definition) is 4. The average Bonchev–Trinajstić information content (AvgIpc) is 3.09. The number of carbonyl (C=O) groups excluding carboxylic acids is 1. The molecule has 1 aliphatic rings. The van der Waals surface area contributed by atoms with Gasteiger partial charge in [-0.3, -0.25) is 4.79 Å². The Kier molecular flexibility index (Phi) is 4.84. The van der Waals surface area contributed by atoms with Crippen LogP contribution in [0.1, 0.15) is 45.8 Å². The molecule has 6 heteroatoms. The van der Waals surface area contributed by atoms with Gasteiger partial charge in [-0.25, -0.2) is 14.8 Å². The van der Waals surface area contributed by atoms with Gasteiger partial charge in [0.15, 0.2) is 5.69 Å². The fourth-order valence-corrected chi connectivity index (χ4v) is 3.08. The van der Waals surface area contributed by atoms with Crippen molar-refractivity contribution in [3.8, 4) is 0 Å². The maximum absolute atomic E-state index is 12.6. The lowest BCUT2D eigenvalue weighted by atomic mass is 10.0. The van der Waals surface area contributed by atoms with Crippen molar-refractivity contribution in [2.75, 3.05) is 6.54 Å². The van der Waals surface area contributed by atoms with Crippen molar-refractivity contribution in [1.82, 2.24) is 14.9 Å². The van der Waals surface area contributed by atoms with Crippen LogP contribution in [0.2, 0.25) is 0 Å². The third-order valence-corrected chi connectivity index (χ3v) is 4.34. The van der Waals surface area contributed by atoms with Crippen molar-refractivity contribution in [2.24, 2.45) is 0 Å². The molecule has 1 aromatic heterocycles. The number of amides is 1. The molecule has 1 amide bonds. The molecule has 0 spiro atoms. The normalized spacial score (nSPS) is 17.0. The Hall–Kier alpha value is -2.76. The summed E-state index contributed by atoms with van der Waals surface area (Å²) in [6, 6.07) is 10.4. The summed E-state index contributed by atoms with van der Waals surface area (Å²) in [5.74, 6) is -1.32. The Balaban J connectivity index is 1.65. The van der Waals surface area contributed by atoms with Crippen molar-refractivity contribution in [2.45, 2.75) is 31.7 Å². The van der Waals surface area contributed by atoms with Gasteiger partial charge < -0.3 is 10.0 Å². The minimum atomic E-state index is -1.15. The van der Waals surface area contributed by atoms with Crippen LogP contribution in [0.15, 0.2) is 42.7 Å². The second-order valence-electron chi connectivity index (χ2n) is 5.91. The molecule has 1 aliphatic heterocycles. The largest absolute Gasteiger partial charge is 0.476 e. The summed E-state index contributed by atoms with van der Waals surface area (Å²) in [6.45, 7) is 0.709. The molecule has 1 atom stereocenters. The number of rotatable bonds is 5. The van der Waals surface area contributed by atoms with E-state index < -0.39 is 5.97 Å². The molecule has 2 aromatic rings. The van der Waals surface area contributed by atoms with E-state index in [-0.39, 0.29) is 23.3 Å². The number of carbonyl (C=O) groups is 2. The molecule has 1 aromatic carbocycles. The van der Waals surface area contributed by atoms with Gasteiger partial charge in [-0.05, 0) is 31.2 Å². The Bertz CT molecular complexity index is 716. The van der Waals surface area contributed by atoms with E-state index in [9.17, 15) is 9.59 Å². The van der Waals surface area contributed by atoms with E-state index in [1.165, 1.54) is 11.8 Å². The lowest BCUT2D eigenvalue weighted by molar-refractivity contribution is 0.0682. The standard InChI is InChI=1S/C18H19N3O3/c22-17(15-11-20-16(12-19-15)18(23)24)21-10-4-7-14(21)9-8-13-5-2-1-3-6-13/h1-3,5-6,11-12,14H,4,7-10H2,(H,23,24)/t14-/m0/s1. The van der Waals surface area contributed by atoms with Crippen LogP contribution in [0.25, 0.3) is 0 Å². The zero-order chi connectivity index (χ0) is 16.9. The van der Waals surface area contributed by atoms with E-state index in [1.54, 1.807) is 0 Å². The van der Waals surface area contributed by atoms with Crippen LogP contribution in [0.5, 0.6) is 0 Å². The van der Waals surface area contributed by atoms with Gasteiger partial charge in [-0.2, -0.15) is 0 Å². The molecule has 1 saturated heterocycles. The van der Waals surface area contributed by atoms with Crippen molar-refractivity contribution in [3.05, 3.63) is 59.7 Å². The van der Waals surface area contributed by atoms with Gasteiger partial charge in [0.2, 0.25) is 0 Å². The number of nitrogens with zero attached hydrogens (tertiary/aromatic N) is 3. The predicted molar refractivity (Wildman–Crippen MR) is 87.8 cm³/mol. The van der Waals surface area contributed by atoms with Crippen molar-refractivity contribution in [1.29, 1.82) is 0 Å². The van der Waals surface area contributed by atoms with Crippen LogP contribution in [0, 0.1) is 0 Å². The third-order valence-electron chi connectivity index (χ3n) is 4.34. The van der Waals surface area contributed by atoms with Gasteiger partial charge in [0.05, 0.1) is 12.4 Å². The molecule has 1 N–H and O–H groups in total. The first-order valence-corrected chi connectivity index (χ1v) is 8.05. The number of carboxylic acids is 1. The molecule has 6 nitrogen and oxygen atoms in total. The minimum absolute atomic E-state index is 0.159. The molecule has 0 aliphatic carbocycles. The molecule has 3 rings (SSSR count). The summed E-state index contributed by atoms with van der Waals surface area (Å²) < 4.78 is 0. The first-order chi connectivity index (χ1) is 11.6. The Morgan fingerprint density at radius 1 is 1.12 bits per heavy atom. The first-order valence-electron chi connectivity index (χ1n) is 8.05. The van der Waals surface area contributed by atoms with Gasteiger partial charge in [0, 0.05) is 12.6 Å².